The molecule has 5 nitrogen and oxygen atoms in total. The number of hydrogen-bond acceptors (Lipinski definition) is 4. The fraction of sp³-hybridized carbons (Fsp3) is 0.273. The molecule has 0 radical (unpaired) electrons. The van der Waals surface area contributed by atoms with Crippen molar-refractivity contribution < 1.29 is 9.90 Å². The SMILES string of the molecule is N=c1ccn(C2=C(O)C3CSCN3C2=O)cc1. The molecule has 1 aromatic rings. The normalized spacial score (nSPS) is 23.4. The number of amides is 1. The van der Waals surface area contributed by atoms with Gasteiger partial charge in [0, 0.05) is 18.1 Å². The van der Waals surface area contributed by atoms with Crippen molar-refractivity contribution in [2.24, 2.45) is 0 Å². The van der Waals surface area contributed by atoms with Gasteiger partial charge in [0.2, 0.25) is 0 Å². The largest absolute Gasteiger partial charge is 0.508 e. The Morgan fingerprint density at radius 3 is 2.76 bits per heavy atom. The van der Waals surface area contributed by atoms with Crippen LogP contribution in [0.25, 0.3) is 5.70 Å². The second-order valence-corrected chi connectivity index (χ2v) is 5.02. The second kappa shape index (κ2) is 3.66. The molecule has 1 fully saturated rings. The average Bonchev–Trinajstić information content (AvgIpc) is 2.87. The molecule has 0 bridgehead atoms. The first kappa shape index (κ1) is 10.5. The van der Waals surface area contributed by atoms with Gasteiger partial charge in [0.1, 0.15) is 11.8 Å². The van der Waals surface area contributed by atoms with Gasteiger partial charge < -0.3 is 20.0 Å². The summed E-state index contributed by atoms with van der Waals surface area (Å²) in [6.07, 6.45) is 3.25. The van der Waals surface area contributed by atoms with Gasteiger partial charge in [0.25, 0.3) is 5.91 Å². The Balaban J connectivity index is 2.08. The van der Waals surface area contributed by atoms with E-state index < -0.39 is 0 Å². The van der Waals surface area contributed by atoms with Crippen LogP contribution >= 0.6 is 11.8 Å². The molecule has 2 aliphatic heterocycles. The summed E-state index contributed by atoms with van der Waals surface area (Å²) < 4.78 is 1.58. The Bertz CT molecular complexity index is 558. The van der Waals surface area contributed by atoms with Crippen LogP contribution in [-0.4, -0.2) is 38.2 Å². The minimum atomic E-state index is -0.175. The van der Waals surface area contributed by atoms with E-state index in [-0.39, 0.29) is 17.7 Å². The molecule has 1 unspecified atom stereocenters. The monoisotopic (exact) mass is 249 g/mol. The number of carbonyl (C=O) groups excluding carboxylic acids is 1. The third kappa shape index (κ3) is 1.48. The van der Waals surface area contributed by atoms with Crippen LogP contribution in [0.1, 0.15) is 0 Å². The summed E-state index contributed by atoms with van der Waals surface area (Å²) in [6.45, 7) is 0. The standard InChI is InChI=1S/C11H11N3O2S/c12-7-1-3-13(4-2-7)9-10(15)8-5-17-6-14(8)11(9)16/h1-4,8,12,15H,5-6H2. The number of rotatable bonds is 1. The maximum absolute atomic E-state index is 12.1. The third-order valence-corrected chi connectivity index (χ3v) is 4.00. The van der Waals surface area contributed by atoms with Crippen LogP contribution in [0.4, 0.5) is 0 Å². The van der Waals surface area contributed by atoms with Crippen molar-refractivity contribution in [3.8, 4) is 0 Å². The van der Waals surface area contributed by atoms with Crippen LogP contribution in [-0.2, 0) is 4.79 Å². The number of pyridine rings is 1. The van der Waals surface area contributed by atoms with Crippen molar-refractivity contribution in [3.05, 3.63) is 35.6 Å². The van der Waals surface area contributed by atoms with Gasteiger partial charge in [-0.15, -0.1) is 11.8 Å². The number of thioether (sulfide) groups is 1. The Morgan fingerprint density at radius 1 is 1.41 bits per heavy atom. The lowest BCUT2D eigenvalue weighted by molar-refractivity contribution is -0.124. The number of fused-ring (bicyclic) bond motifs is 1. The zero-order valence-corrected chi connectivity index (χ0v) is 9.78. The van der Waals surface area contributed by atoms with Crippen LogP contribution in [0.15, 0.2) is 30.3 Å². The molecule has 88 valence electrons. The molecule has 3 rings (SSSR count). The van der Waals surface area contributed by atoms with Crippen molar-refractivity contribution in [1.29, 1.82) is 5.41 Å². The first-order valence-corrected chi connectivity index (χ1v) is 6.39. The summed E-state index contributed by atoms with van der Waals surface area (Å²) in [6, 6.07) is 3.00. The lowest BCUT2D eigenvalue weighted by Crippen LogP contribution is -2.31. The van der Waals surface area contributed by atoms with Crippen molar-refractivity contribution in [3.63, 3.8) is 0 Å². The number of nitrogens with one attached hydrogen (secondary N) is 1. The number of carbonyl (C=O) groups is 1. The van der Waals surface area contributed by atoms with E-state index in [0.29, 0.717) is 16.9 Å². The fourth-order valence-corrected chi connectivity index (χ4v) is 3.25. The molecule has 2 aliphatic rings. The van der Waals surface area contributed by atoms with Crippen LogP contribution in [0, 0.1) is 5.41 Å². The minimum Gasteiger partial charge on any atom is -0.508 e. The van der Waals surface area contributed by atoms with E-state index in [1.165, 1.54) is 0 Å². The number of aromatic nitrogens is 1. The summed E-state index contributed by atoms with van der Waals surface area (Å²) in [5.74, 6) is 1.38. The maximum atomic E-state index is 12.1. The predicted molar refractivity (Wildman–Crippen MR) is 64.1 cm³/mol. The van der Waals surface area contributed by atoms with Gasteiger partial charge in [-0.3, -0.25) is 4.79 Å². The van der Waals surface area contributed by atoms with Crippen LogP contribution in [0.2, 0.25) is 0 Å². The first-order chi connectivity index (χ1) is 8.18. The molecule has 1 amide bonds. The number of nitrogens with zero attached hydrogens (tertiary/aromatic N) is 2. The van der Waals surface area contributed by atoms with Crippen LogP contribution in [0.5, 0.6) is 0 Å². The van der Waals surface area contributed by atoms with E-state index in [1.54, 1.807) is 45.8 Å². The van der Waals surface area contributed by atoms with E-state index in [4.69, 9.17) is 5.41 Å². The Morgan fingerprint density at radius 2 is 2.12 bits per heavy atom. The predicted octanol–water partition coefficient (Wildman–Crippen LogP) is 0.609. The molecular formula is C11H11N3O2S. The van der Waals surface area contributed by atoms with E-state index in [0.717, 1.165) is 5.75 Å². The van der Waals surface area contributed by atoms with Gasteiger partial charge in [-0.05, 0) is 12.1 Å². The van der Waals surface area contributed by atoms with Gasteiger partial charge in [-0.25, -0.2) is 0 Å². The highest BCUT2D eigenvalue weighted by Crippen LogP contribution is 2.35. The summed E-state index contributed by atoms with van der Waals surface area (Å²) in [5, 5.41) is 17.9. The molecule has 2 N–H and O–H groups in total. The second-order valence-electron chi connectivity index (χ2n) is 4.02. The smallest absolute Gasteiger partial charge is 0.275 e. The topological polar surface area (TPSA) is 69.3 Å². The van der Waals surface area contributed by atoms with Gasteiger partial charge in [0.05, 0.1) is 11.2 Å². The molecule has 17 heavy (non-hydrogen) atoms. The summed E-state index contributed by atoms with van der Waals surface area (Å²) in [5.41, 5.74) is 0.315. The fourth-order valence-electron chi connectivity index (χ4n) is 2.09. The van der Waals surface area contributed by atoms with Crippen LogP contribution < -0.4 is 5.36 Å². The Hall–Kier alpha value is -1.69. The quantitative estimate of drug-likeness (QED) is 0.766. The molecule has 0 aromatic carbocycles. The summed E-state index contributed by atoms with van der Waals surface area (Å²) in [7, 11) is 0. The van der Waals surface area contributed by atoms with E-state index in [1.807, 2.05) is 0 Å². The third-order valence-electron chi connectivity index (χ3n) is 2.99. The van der Waals surface area contributed by atoms with Crippen LogP contribution in [0.3, 0.4) is 0 Å². The highest BCUT2D eigenvalue weighted by Gasteiger charge is 2.43. The average molecular weight is 249 g/mol. The lowest BCUT2D eigenvalue weighted by Gasteiger charge is -2.13. The highest BCUT2D eigenvalue weighted by atomic mass is 32.2. The van der Waals surface area contributed by atoms with E-state index in [9.17, 15) is 9.90 Å². The summed E-state index contributed by atoms with van der Waals surface area (Å²) >= 11 is 1.64. The number of aliphatic hydroxyl groups is 1. The van der Waals surface area contributed by atoms with Crippen molar-refractivity contribution >= 4 is 23.4 Å². The minimum absolute atomic E-state index is 0.139. The first-order valence-electron chi connectivity index (χ1n) is 5.23. The highest BCUT2D eigenvalue weighted by molar-refractivity contribution is 7.99. The molecule has 1 aromatic heterocycles. The van der Waals surface area contributed by atoms with E-state index in [2.05, 4.69) is 0 Å². The van der Waals surface area contributed by atoms with E-state index >= 15 is 0 Å². The molecule has 3 heterocycles. The van der Waals surface area contributed by atoms with Crippen molar-refractivity contribution in [2.45, 2.75) is 6.04 Å². The maximum Gasteiger partial charge on any atom is 0.275 e. The molecule has 1 atom stereocenters. The molecule has 0 spiro atoms. The van der Waals surface area contributed by atoms with Crippen molar-refractivity contribution in [2.75, 3.05) is 11.6 Å². The van der Waals surface area contributed by atoms with Gasteiger partial charge in [-0.2, -0.15) is 0 Å². The molecule has 1 saturated heterocycles. The zero-order valence-electron chi connectivity index (χ0n) is 8.96. The lowest BCUT2D eigenvalue weighted by atomic mass is 10.3. The molecule has 0 saturated carbocycles. The molecular weight excluding hydrogens is 238 g/mol. The molecule has 0 aliphatic carbocycles. The van der Waals surface area contributed by atoms with Gasteiger partial charge >= 0.3 is 0 Å². The number of hydrogen-bond donors (Lipinski definition) is 2. The summed E-state index contributed by atoms with van der Waals surface area (Å²) in [4.78, 5) is 13.8. The zero-order chi connectivity index (χ0) is 12.0. The Kier molecular flexibility index (Phi) is 2.25. The molecule has 6 heteroatoms. The Labute approximate surface area is 102 Å². The van der Waals surface area contributed by atoms with Gasteiger partial charge in [-0.1, -0.05) is 0 Å². The van der Waals surface area contributed by atoms with Gasteiger partial charge in [0.15, 0.2) is 5.70 Å². The van der Waals surface area contributed by atoms with Crippen molar-refractivity contribution in [1.82, 2.24) is 9.47 Å². The number of aliphatic hydroxyl groups excluding tert-OH is 1.